The predicted octanol–water partition coefficient (Wildman–Crippen LogP) is 4.03. The SMILES string of the molecule is CCC(=O)N1CCN(c2ccc(NC(=O)COc3cc(C)c(Cl)c(C)c3)cc2)CC1. The van der Waals surface area contributed by atoms with Crippen LogP contribution in [0.15, 0.2) is 36.4 Å². The smallest absolute Gasteiger partial charge is 0.262 e. The lowest BCUT2D eigenvalue weighted by Gasteiger charge is -2.36. The number of amides is 2. The molecule has 2 amide bonds. The molecule has 2 aromatic carbocycles. The minimum Gasteiger partial charge on any atom is -0.484 e. The summed E-state index contributed by atoms with van der Waals surface area (Å²) in [6, 6.07) is 11.4. The number of nitrogens with zero attached hydrogens (tertiary/aromatic N) is 2. The van der Waals surface area contributed by atoms with E-state index in [2.05, 4.69) is 10.2 Å². The van der Waals surface area contributed by atoms with E-state index in [1.807, 2.05) is 62.1 Å². The van der Waals surface area contributed by atoms with Gasteiger partial charge in [0.05, 0.1) is 0 Å². The van der Waals surface area contributed by atoms with E-state index in [1.165, 1.54) is 0 Å². The van der Waals surface area contributed by atoms with Gasteiger partial charge in [-0.3, -0.25) is 9.59 Å². The standard InChI is InChI=1S/C23H28ClN3O3/c1-4-22(29)27-11-9-26(10-12-27)19-7-5-18(6-8-19)25-21(28)15-30-20-13-16(2)23(24)17(3)14-20/h5-8,13-14H,4,9-12,15H2,1-3H3,(H,25,28). The number of rotatable bonds is 6. The normalized spacial score (nSPS) is 13.9. The molecular weight excluding hydrogens is 402 g/mol. The Balaban J connectivity index is 1.49. The monoisotopic (exact) mass is 429 g/mol. The maximum atomic E-state index is 12.2. The fourth-order valence-corrected chi connectivity index (χ4v) is 3.64. The summed E-state index contributed by atoms with van der Waals surface area (Å²) in [6.45, 7) is 8.74. The van der Waals surface area contributed by atoms with E-state index < -0.39 is 0 Å². The number of hydrogen-bond acceptors (Lipinski definition) is 4. The van der Waals surface area contributed by atoms with Gasteiger partial charge in [-0.1, -0.05) is 18.5 Å². The maximum absolute atomic E-state index is 12.2. The Morgan fingerprint density at radius 2 is 1.63 bits per heavy atom. The van der Waals surface area contributed by atoms with Gasteiger partial charge in [-0.2, -0.15) is 0 Å². The molecule has 0 spiro atoms. The van der Waals surface area contributed by atoms with E-state index in [0.29, 0.717) is 17.2 Å². The van der Waals surface area contributed by atoms with Crippen LogP contribution in [0.2, 0.25) is 5.02 Å². The summed E-state index contributed by atoms with van der Waals surface area (Å²) < 4.78 is 5.60. The fraction of sp³-hybridized carbons (Fsp3) is 0.391. The summed E-state index contributed by atoms with van der Waals surface area (Å²) in [5.41, 5.74) is 3.64. The van der Waals surface area contributed by atoms with Crippen molar-refractivity contribution in [1.29, 1.82) is 0 Å². The Hall–Kier alpha value is -2.73. The van der Waals surface area contributed by atoms with Crippen LogP contribution < -0.4 is 15.0 Å². The summed E-state index contributed by atoms with van der Waals surface area (Å²) in [5.74, 6) is 0.610. The third-order valence-electron chi connectivity index (χ3n) is 5.23. The summed E-state index contributed by atoms with van der Waals surface area (Å²) in [4.78, 5) is 28.2. The Kier molecular flexibility index (Phi) is 7.21. The molecule has 0 saturated carbocycles. The van der Waals surface area contributed by atoms with E-state index >= 15 is 0 Å². The highest BCUT2D eigenvalue weighted by Crippen LogP contribution is 2.26. The van der Waals surface area contributed by atoms with Crippen LogP contribution in [0.4, 0.5) is 11.4 Å². The van der Waals surface area contributed by atoms with Gasteiger partial charge in [-0.15, -0.1) is 0 Å². The van der Waals surface area contributed by atoms with E-state index in [4.69, 9.17) is 16.3 Å². The lowest BCUT2D eigenvalue weighted by Crippen LogP contribution is -2.48. The number of aryl methyl sites for hydroxylation is 2. The Labute approximate surface area is 182 Å². The molecule has 1 fully saturated rings. The van der Waals surface area contributed by atoms with Gasteiger partial charge in [0.2, 0.25) is 5.91 Å². The van der Waals surface area contributed by atoms with Gasteiger partial charge in [-0.25, -0.2) is 0 Å². The van der Waals surface area contributed by atoms with Crippen LogP contribution >= 0.6 is 11.6 Å². The van der Waals surface area contributed by atoms with Crippen molar-refractivity contribution in [3.8, 4) is 5.75 Å². The van der Waals surface area contributed by atoms with Crippen LogP contribution in [-0.4, -0.2) is 49.5 Å². The molecule has 3 rings (SSSR count). The maximum Gasteiger partial charge on any atom is 0.262 e. The molecule has 2 aromatic rings. The third kappa shape index (κ3) is 5.45. The molecule has 0 aromatic heterocycles. The zero-order valence-corrected chi connectivity index (χ0v) is 18.5. The molecule has 0 radical (unpaired) electrons. The fourth-order valence-electron chi connectivity index (χ4n) is 3.53. The van der Waals surface area contributed by atoms with Crippen LogP contribution in [-0.2, 0) is 9.59 Å². The van der Waals surface area contributed by atoms with E-state index in [1.54, 1.807) is 0 Å². The van der Waals surface area contributed by atoms with Gasteiger partial charge in [0, 0.05) is 49.0 Å². The average Bonchev–Trinajstić information content (AvgIpc) is 2.76. The highest BCUT2D eigenvalue weighted by Gasteiger charge is 2.20. The molecule has 160 valence electrons. The van der Waals surface area contributed by atoms with Crippen molar-refractivity contribution >= 4 is 34.8 Å². The average molecular weight is 430 g/mol. The molecule has 6 nitrogen and oxygen atoms in total. The van der Waals surface area contributed by atoms with Crippen molar-refractivity contribution in [3.05, 3.63) is 52.5 Å². The van der Waals surface area contributed by atoms with Crippen molar-refractivity contribution in [2.24, 2.45) is 0 Å². The Morgan fingerprint density at radius 1 is 1.03 bits per heavy atom. The number of nitrogens with one attached hydrogen (secondary N) is 1. The van der Waals surface area contributed by atoms with Crippen LogP contribution in [0.5, 0.6) is 5.75 Å². The summed E-state index contributed by atoms with van der Waals surface area (Å²) in [5, 5.41) is 3.56. The largest absolute Gasteiger partial charge is 0.484 e. The number of anilines is 2. The topological polar surface area (TPSA) is 61.9 Å². The molecule has 0 aliphatic carbocycles. The molecule has 1 aliphatic rings. The van der Waals surface area contributed by atoms with E-state index in [0.717, 1.165) is 48.7 Å². The Morgan fingerprint density at radius 3 is 2.20 bits per heavy atom. The number of carbonyl (C=O) groups excluding carboxylic acids is 2. The highest BCUT2D eigenvalue weighted by atomic mass is 35.5. The van der Waals surface area contributed by atoms with Crippen LogP contribution in [0.1, 0.15) is 24.5 Å². The molecular formula is C23H28ClN3O3. The lowest BCUT2D eigenvalue weighted by atomic mass is 10.1. The number of halogens is 1. The first-order valence-electron chi connectivity index (χ1n) is 10.2. The third-order valence-corrected chi connectivity index (χ3v) is 5.83. The molecule has 1 heterocycles. The van der Waals surface area contributed by atoms with Crippen molar-refractivity contribution in [2.45, 2.75) is 27.2 Å². The number of piperazine rings is 1. The molecule has 1 saturated heterocycles. The number of ether oxygens (including phenoxy) is 1. The van der Waals surface area contributed by atoms with Gasteiger partial charge in [0.15, 0.2) is 6.61 Å². The molecule has 1 aliphatic heterocycles. The first-order valence-corrected chi connectivity index (χ1v) is 10.6. The summed E-state index contributed by atoms with van der Waals surface area (Å²) >= 11 is 6.16. The van der Waals surface area contributed by atoms with Crippen LogP contribution in [0.25, 0.3) is 0 Å². The van der Waals surface area contributed by atoms with Gasteiger partial charge >= 0.3 is 0 Å². The number of benzene rings is 2. The van der Waals surface area contributed by atoms with Gasteiger partial charge in [0.25, 0.3) is 5.91 Å². The predicted molar refractivity (Wildman–Crippen MR) is 121 cm³/mol. The number of hydrogen-bond donors (Lipinski definition) is 1. The van der Waals surface area contributed by atoms with Gasteiger partial charge in [-0.05, 0) is 61.4 Å². The second kappa shape index (κ2) is 9.85. The van der Waals surface area contributed by atoms with Crippen LogP contribution in [0.3, 0.4) is 0 Å². The number of carbonyl (C=O) groups is 2. The van der Waals surface area contributed by atoms with E-state index in [9.17, 15) is 9.59 Å². The molecule has 0 bridgehead atoms. The first kappa shape index (κ1) is 22.0. The molecule has 0 atom stereocenters. The zero-order valence-electron chi connectivity index (χ0n) is 17.7. The lowest BCUT2D eigenvalue weighted by molar-refractivity contribution is -0.131. The van der Waals surface area contributed by atoms with Crippen molar-refractivity contribution in [1.82, 2.24) is 4.90 Å². The zero-order chi connectivity index (χ0) is 21.7. The van der Waals surface area contributed by atoms with Crippen molar-refractivity contribution in [3.63, 3.8) is 0 Å². The van der Waals surface area contributed by atoms with Crippen molar-refractivity contribution < 1.29 is 14.3 Å². The second-order valence-corrected chi connectivity index (χ2v) is 7.85. The quantitative estimate of drug-likeness (QED) is 0.753. The highest BCUT2D eigenvalue weighted by molar-refractivity contribution is 6.32. The van der Waals surface area contributed by atoms with Crippen molar-refractivity contribution in [2.75, 3.05) is 43.0 Å². The first-order chi connectivity index (χ1) is 14.4. The minimum absolute atomic E-state index is 0.0737. The molecule has 1 N–H and O–H groups in total. The molecule has 30 heavy (non-hydrogen) atoms. The minimum atomic E-state index is -0.223. The second-order valence-electron chi connectivity index (χ2n) is 7.48. The Bertz CT molecular complexity index is 883. The van der Waals surface area contributed by atoms with E-state index in [-0.39, 0.29) is 18.4 Å². The van der Waals surface area contributed by atoms with Crippen LogP contribution in [0, 0.1) is 13.8 Å². The summed E-state index contributed by atoms with van der Waals surface area (Å²) in [6.07, 6.45) is 0.551. The van der Waals surface area contributed by atoms with Gasteiger partial charge < -0.3 is 19.9 Å². The summed E-state index contributed by atoms with van der Waals surface area (Å²) in [7, 11) is 0. The van der Waals surface area contributed by atoms with Gasteiger partial charge in [0.1, 0.15) is 5.75 Å². The molecule has 0 unspecified atom stereocenters. The molecule has 7 heteroatoms.